The Morgan fingerprint density at radius 2 is 2.31 bits per heavy atom. The zero-order valence-electron chi connectivity index (χ0n) is 7.59. The topological polar surface area (TPSA) is 22.1 Å². The summed E-state index contributed by atoms with van der Waals surface area (Å²) in [5, 5.41) is 0. The molecule has 0 saturated heterocycles. The van der Waals surface area contributed by atoms with Gasteiger partial charge in [-0.15, -0.1) is 0 Å². The zero-order valence-corrected chi connectivity index (χ0v) is 9.17. The lowest BCUT2D eigenvalue weighted by Crippen LogP contribution is -1.98. The molecule has 2 nitrogen and oxygen atoms in total. The molecule has 0 unspecified atom stereocenters. The molecule has 70 valence electrons. The number of rotatable bonds is 3. The van der Waals surface area contributed by atoms with Crippen LogP contribution in [0.4, 0.5) is 0 Å². The fraction of sp³-hybridized carbons (Fsp3) is 0.500. The first-order valence-corrected chi connectivity index (χ1v) is 5.39. The summed E-state index contributed by atoms with van der Waals surface area (Å²) in [6.45, 7) is 2.11. The molecule has 1 aromatic heterocycles. The molecule has 13 heavy (non-hydrogen) atoms. The molecule has 1 aromatic rings. The van der Waals surface area contributed by atoms with Gasteiger partial charge in [-0.1, -0.05) is 6.92 Å². The van der Waals surface area contributed by atoms with Gasteiger partial charge >= 0.3 is 0 Å². The lowest BCUT2D eigenvalue weighted by molar-refractivity contribution is 0.299. The molecule has 1 saturated carbocycles. The van der Waals surface area contributed by atoms with Crippen LogP contribution in [0.15, 0.2) is 16.9 Å². The van der Waals surface area contributed by atoms with E-state index in [1.54, 1.807) is 6.20 Å². The van der Waals surface area contributed by atoms with Crippen molar-refractivity contribution < 1.29 is 4.74 Å². The average molecular weight is 242 g/mol. The summed E-state index contributed by atoms with van der Waals surface area (Å²) < 4.78 is 6.76. The van der Waals surface area contributed by atoms with Gasteiger partial charge in [0.05, 0.1) is 16.8 Å². The molecule has 0 atom stereocenters. The maximum absolute atomic E-state index is 5.69. The second kappa shape index (κ2) is 3.66. The van der Waals surface area contributed by atoms with Crippen LogP contribution in [0.3, 0.4) is 0 Å². The number of halogens is 1. The van der Waals surface area contributed by atoms with Crippen molar-refractivity contribution in [3.05, 3.63) is 22.4 Å². The number of ether oxygens (including phenoxy) is 1. The first-order chi connectivity index (χ1) is 6.31. The van der Waals surface area contributed by atoms with Gasteiger partial charge in [0.2, 0.25) is 0 Å². The van der Waals surface area contributed by atoms with E-state index in [9.17, 15) is 0 Å². The molecule has 3 heteroatoms. The summed E-state index contributed by atoms with van der Waals surface area (Å²) in [4.78, 5) is 4.14. The number of nitrogens with zero attached hydrogens (tertiary/aromatic N) is 1. The van der Waals surface area contributed by atoms with E-state index in [0.29, 0.717) is 6.10 Å². The summed E-state index contributed by atoms with van der Waals surface area (Å²) in [6, 6.07) is 0. The molecule has 0 aliphatic heterocycles. The minimum atomic E-state index is 0.435. The largest absolute Gasteiger partial charge is 0.488 e. The Kier molecular flexibility index (Phi) is 2.54. The van der Waals surface area contributed by atoms with Gasteiger partial charge in [0, 0.05) is 6.20 Å². The van der Waals surface area contributed by atoms with Gasteiger partial charge in [0.1, 0.15) is 0 Å². The Balaban J connectivity index is 2.22. The Labute approximate surface area is 86.5 Å². The highest BCUT2D eigenvalue weighted by Crippen LogP contribution is 2.33. The van der Waals surface area contributed by atoms with Crippen molar-refractivity contribution in [2.45, 2.75) is 32.3 Å². The van der Waals surface area contributed by atoms with E-state index in [0.717, 1.165) is 16.6 Å². The van der Waals surface area contributed by atoms with E-state index in [1.807, 2.05) is 6.20 Å². The lowest BCUT2D eigenvalue weighted by Gasteiger charge is -2.08. The molecule has 0 bridgehead atoms. The maximum Gasteiger partial charge on any atom is 0.152 e. The van der Waals surface area contributed by atoms with Gasteiger partial charge in [-0.2, -0.15) is 0 Å². The number of aryl methyl sites for hydroxylation is 1. The van der Waals surface area contributed by atoms with E-state index >= 15 is 0 Å². The lowest BCUT2D eigenvalue weighted by atomic mass is 10.2. The number of hydrogen-bond acceptors (Lipinski definition) is 2. The molecular formula is C10H12BrNO. The molecule has 2 rings (SSSR count). The minimum Gasteiger partial charge on any atom is -0.488 e. The maximum atomic E-state index is 5.69. The predicted molar refractivity (Wildman–Crippen MR) is 55.0 cm³/mol. The monoisotopic (exact) mass is 241 g/mol. The Morgan fingerprint density at radius 1 is 1.54 bits per heavy atom. The minimum absolute atomic E-state index is 0.435. The van der Waals surface area contributed by atoms with Gasteiger partial charge in [-0.05, 0) is 40.8 Å². The van der Waals surface area contributed by atoms with E-state index < -0.39 is 0 Å². The quantitative estimate of drug-likeness (QED) is 0.812. The SMILES string of the molecule is CCc1cncc(OC2CC2)c1Br. The number of hydrogen-bond donors (Lipinski definition) is 0. The fourth-order valence-electron chi connectivity index (χ4n) is 1.16. The van der Waals surface area contributed by atoms with E-state index in [1.165, 1.54) is 18.4 Å². The van der Waals surface area contributed by atoms with E-state index in [4.69, 9.17) is 4.74 Å². The van der Waals surface area contributed by atoms with Crippen LogP contribution in [0.25, 0.3) is 0 Å². The first-order valence-electron chi connectivity index (χ1n) is 4.60. The molecule has 1 heterocycles. The van der Waals surface area contributed by atoms with Crippen molar-refractivity contribution in [2.24, 2.45) is 0 Å². The van der Waals surface area contributed by atoms with Crippen molar-refractivity contribution in [1.82, 2.24) is 4.98 Å². The van der Waals surface area contributed by atoms with Crippen LogP contribution in [0, 0.1) is 0 Å². The Hall–Kier alpha value is -0.570. The summed E-state index contributed by atoms with van der Waals surface area (Å²) >= 11 is 3.53. The van der Waals surface area contributed by atoms with Crippen LogP contribution >= 0.6 is 15.9 Å². The third-order valence-electron chi connectivity index (χ3n) is 2.12. The highest BCUT2D eigenvalue weighted by Gasteiger charge is 2.24. The van der Waals surface area contributed by atoms with Crippen molar-refractivity contribution in [3.8, 4) is 5.75 Å². The van der Waals surface area contributed by atoms with Crippen molar-refractivity contribution >= 4 is 15.9 Å². The highest BCUT2D eigenvalue weighted by molar-refractivity contribution is 9.10. The van der Waals surface area contributed by atoms with Gasteiger partial charge in [0.15, 0.2) is 5.75 Å². The molecule has 1 fully saturated rings. The second-order valence-corrected chi connectivity index (χ2v) is 4.07. The van der Waals surface area contributed by atoms with Crippen molar-refractivity contribution in [2.75, 3.05) is 0 Å². The molecule has 0 N–H and O–H groups in total. The third kappa shape index (κ3) is 2.02. The van der Waals surface area contributed by atoms with Crippen LogP contribution in [0.1, 0.15) is 25.3 Å². The van der Waals surface area contributed by atoms with Gasteiger partial charge < -0.3 is 4.74 Å². The molecule has 0 radical (unpaired) electrons. The van der Waals surface area contributed by atoms with Crippen molar-refractivity contribution in [1.29, 1.82) is 0 Å². The third-order valence-corrected chi connectivity index (χ3v) is 3.02. The van der Waals surface area contributed by atoms with Crippen molar-refractivity contribution in [3.63, 3.8) is 0 Å². The molecule has 1 aliphatic rings. The zero-order chi connectivity index (χ0) is 9.26. The van der Waals surface area contributed by atoms with Crippen LogP contribution in [-0.4, -0.2) is 11.1 Å². The molecule has 1 aliphatic carbocycles. The predicted octanol–water partition coefficient (Wildman–Crippen LogP) is 2.95. The van der Waals surface area contributed by atoms with Gasteiger partial charge in [0.25, 0.3) is 0 Å². The molecule has 0 amide bonds. The Morgan fingerprint density at radius 3 is 2.92 bits per heavy atom. The number of aromatic nitrogens is 1. The summed E-state index contributed by atoms with van der Waals surface area (Å²) in [6.07, 6.45) is 7.44. The van der Waals surface area contributed by atoms with Gasteiger partial charge in [-0.25, -0.2) is 0 Å². The molecular weight excluding hydrogens is 230 g/mol. The van der Waals surface area contributed by atoms with E-state index in [-0.39, 0.29) is 0 Å². The summed E-state index contributed by atoms with van der Waals surface area (Å²) in [5.41, 5.74) is 1.21. The van der Waals surface area contributed by atoms with E-state index in [2.05, 4.69) is 27.8 Å². The first kappa shape index (κ1) is 9.00. The van der Waals surface area contributed by atoms with Crippen LogP contribution in [-0.2, 0) is 6.42 Å². The summed E-state index contributed by atoms with van der Waals surface area (Å²) in [7, 11) is 0. The van der Waals surface area contributed by atoms with Crippen LogP contribution in [0.5, 0.6) is 5.75 Å². The highest BCUT2D eigenvalue weighted by atomic mass is 79.9. The van der Waals surface area contributed by atoms with Gasteiger partial charge in [-0.3, -0.25) is 4.98 Å². The average Bonchev–Trinajstić information content (AvgIpc) is 2.92. The summed E-state index contributed by atoms with van der Waals surface area (Å²) in [5.74, 6) is 0.891. The smallest absolute Gasteiger partial charge is 0.152 e. The second-order valence-electron chi connectivity index (χ2n) is 3.28. The molecule has 0 aromatic carbocycles. The fourth-order valence-corrected chi connectivity index (χ4v) is 1.74. The Bertz CT molecular complexity index is 310. The van der Waals surface area contributed by atoms with Crippen LogP contribution in [0.2, 0.25) is 0 Å². The number of pyridine rings is 1. The standard InChI is InChI=1S/C10H12BrNO/c1-2-7-5-12-6-9(10(7)11)13-8-3-4-8/h5-6,8H,2-4H2,1H3. The van der Waals surface area contributed by atoms with Crippen LogP contribution < -0.4 is 4.74 Å². The molecule has 0 spiro atoms. The normalized spacial score (nSPS) is 15.8.